The summed E-state index contributed by atoms with van der Waals surface area (Å²) in [6.07, 6.45) is 1.44. The number of hydrogen-bond acceptors (Lipinski definition) is 4. The largest absolute Gasteiger partial charge is 0.395 e. The van der Waals surface area contributed by atoms with Gasteiger partial charge in [-0.1, -0.05) is 0 Å². The number of aliphatic hydroxyl groups is 1. The van der Waals surface area contributed by atoms with E-state index in [1.165, 1.54) is 0 Å². The summed E-state index contributed by atoms with van der Waals surface area (Å²) in [6, 6.07) is 0. The highest BCUT2D eigenvalue weighted by molar-refractivity contribution is 7.94. The van der Waals surface area contributed by atoms with Crippen molar-refractivity contribution in [2.24, 2.45) is 0 Å². The maximum absolute atomic E-state index is 12.0. The van der Waals surface area contributed by atoms with E-state index in [2.05, 4.69) is 0 Å². The number of rotatable bonds is 3. The lowest BCUT2D eigenvalue weighted by molar-refractivity contribution is -0.0372. The monoisotopic (exact) mass is 206 g/mol. The van der Waals surface area contributed by atoms with Crippen molar-refractivity contribution in [3.8, 4) is 0 Å². The molecule has 0 atom stereocenters. The first-order valence-electron chi connectivity index (χ1n) is 4.40. The average molecular weight is 206 g/mol. The van der Waals surface area contributed by atoms with E-state index in [-0.39, 0.29) is 19.8 Å². The first-order valence-corrected chi connectivity index (χ1v) is 5.89. The topological polar surface area (TPSA) is 63.6 Å². The van der Waals surface area contributed by atoms with Crippen molar-refractivity contribution in [3.05, 3.63) is 0 Å². The van der Waals surface area contributed by atoms with Crippen LogP contribution in [0.25, 0.3) is 0 Å². The van der Waals surface area contributed by atoms with E-state index in [0.29, 0.717) is 0 Å². The summed E-state index contributed by atoms with van der Waals surface area (Å²) >= 11 is 0. The first kappa shape index (κ1) is 9.43. The van der Waals surface area contributed by atoms with Crippen molar-refractivity contribution in [1.29, 1.82) is 0 Å². The van der Waals surface area contributed by atoms with Crippen molar-refractivity contribution in [3.63, 3.8) is 0 Å². The van der Waals surface area contributed by atoms with Crippen LogP contribution in [0.2, 0.25) is 0 Å². The highest BCUT2D eigenvalue weighted by atomic mass is 32.2. The fraction of sp³-hybridized carbons (Fsp3) is 1.00. The van der Waals surface area contributed by atoms with Gasteiger partial charge in [0.25, 0.3) is 0 Å². The van der Waals surface area contributed by atoms with E-state index < -0.39 is 19.3 Å². The highest BCUT2D eigenvalue weighted by Gasteiger charge is 2.62. The quantitative estimate of drug-likeness (QED) is 0.689. The fourth-order valence-corrected chi connectivity index (χ4v) is 3.96. The summed E-state index contributed by atoms with van der Waals surface area (Å²) in [5, 5.41) is 9.10. The molecule has 1 heterocycles. The average Bonchev–Trinajstić information content (AvgIpc) is 2.67. The Labute approximate surface area is 77.8 Å². The van der Waals surface area contributed by atoms with Gasteiger partial charge < -0.3 is 9.84 Å². The van der Waals surface area contributed by atoms with Crippen LogP contribution in [0.4, 0.5) is 0 Å². The molecule has 1 saturated carbocycles. The van der Waals surface area contributed by atoms with Gasteiger partial charge in [0, 0.05) is 0 Å². The second-order valence-corrected chi connectivity index (χ2v) is 7.15. The molecule has 0 radical (unpaired) electrons. The summed E-state index contributed by atoms with van der Waals surface area (Å²) in [5.74, 6) is 0. The van der Waals surface area contributed by atoms with Crippen molar-refractivity contribution in [1.82, 2.24) is 0 Å². The molecule has 1 saturated heterocycles. The van der Waals surface area contributed by atoms with Gasteiger partial charge in [-0.2, -0.15) is 0 Å². The van der Waals surface area contributed by atoms with Crippen molar-refractivity contribution in [2.45, 2.75) is 29.3 Å². The molecule has 2 rings (SSSR count). The number of aliphatic hydroxyl groups excluding tert-OH is 1. The van der Waals surface area contributed by atoms with E-state index >= 15 is 0 Å². The third kappa shape index (κ3) is 1.01. The van der Waals surface area contributed by atoms with Crippen molar-refractivity contribution >= 4 is 9.84 Å². The minimum Gasteiger partial charge on any atom is -0.395 e. The van der Waals surface area contributed by atoms with Gasteiger partial charge in [0.05, 0.1) is 24.6 Å². The maximum Gasteiger partial charge on any atom is 0.168 e. The molecule has 0 unspecified atom stereocenters. The molecular formula is C8H14O4S. The smallest absolute Gasteiger partial charge is 0.168 e. The zero-order valence-electron chi connectivity index (χ0n) is 7.62. The Morgan fingerprint density at radius 2 is 1.92 bits per heavy atom. The molecule has 2 fully saturated rings. The molecule has 0 aromatic rings. The van der Waals surface area contributed by atoms with Crippen LogP contribution in [-0.2, 0) is 14.6 Å². The second-order valence-electron chi connectivity index (χ2n) is 4.29. The van der Waals surface area contributed by atoms with Gasteiger partial charge in [-0.15, -0.1) is 0 Å². The lowest BCUT2D eigenvalue weighted by atomic mass is 10.1. The minimum absolute atomic E-state index is 0.154. The Morgan fingerprint density at radius 3 is 2.15 bits per heavy atom. The van der Waals surface area contributed by atoms with Gasteiger partial charge in [-0.25, -0.2) is 8.42 Å². The van der Waals surface area contributed by atoms with Crippen LogP contribution in [0, 0.1) is 0 Å². The zero-order valence-corrected chi connectivity index (χ0v) is 8.43. The normalized spacial score (nSPS) is 29.4. The molecule has 0 bridgehead atoms. The van der Waals surface area contributed by atoms with Crippen LogP contribution in [0.15, 0.2) is 0 Å². The van der Waals surface area contributed by atoms with Gasteiger partial charge >= 0.3 is 0 Å². The molecule has 1 aliphatic carbocycles. The molecule has 0 amide bonds. The van der Waals surface area contributed by atoms with Crippen LogP contribution in [0.1, 0.15) is 19.8 Å². The van der Waals surface area contributed by atoms with Gasteiger partial charge in [0.15, 0.2) is 9.84 Å². The van der Waals surface area contributed by atoms with Crippen LogP contribution in [0.5, 0.6) is 0 Å². The lowest BCUT2D eigenvalue weighted by Crippen LogP contribution is -2.61. The second kappa shape index (κ2) is 2.46. The van der Waals surface area contributed by atoms with Crippen LogP contribution < -0.4 is 0 Å². The lowest BCUT2D eigenvalue weighted by Gasteiger charge is -2.40. The summed E-state index contributed by atoms with van der Waals surface area (Å²) < 4.78 is 27.3. The third-order valence-electron chi connectivity index (χ3n) is 3.19. The molecule has 2 aliphatic rings. The summed E-state index contributed by atoms with van der Waals surface area (Å²) in [6.45, 7) is 1.74. The molecule has 1 N–H and O–H groups in total. The van der Waals surface area contributed by atoms with E-state index in [4.69, 9.17) is 9.84 Å². The number of sulfone groups is 1. The van der Waals surface area contributed by atoms with E-state index in [0.717, 1.165) is 12.8 Å². The van der Waals surface area contributed by atoms with Crippen LogP contribution >= 0.6 is 0 Å². The minimum atomic E-state index is -3.22. The Kier molecular flexibility index (Phi) is 1.78. The zero-order chi connectivity index (χ0) is 9.74. The van der Waals surface area contributed by atoms with Gasteiger partial charge in [0.1, 0.15) is 4.75 Å². The molecule has 1 aliphatic heterocycles. The summed E-state index contributed by atoms with van der Waals surface area (Å²) in [4.78, 5) is 0. The van der Waals surface area contributed by atoms with E-state index in [9.17, 15) is 8.42 Å². The highest BCUT2D eigenvalue weighted by Crippen LogP contribution is 2.49. The standard InChI is InChI=1S/C8H14O4S/c1-7(2-3-7)13(10,11)8(4-9)5-12-6-8/h9H,2-6H2,1H3. The van der Waals surface area contributed by atoms with Crippen molar-refractivity contribution < 1.29 is 18.3 Å². The fourth-order valence-electron chi connectivity index (χ4n) is 1.63. The molecule has 13 heavy (non-hydrogen) atoms. The van der Waals surface area contributed by atoms with Crippen LogP contribution in [-0.4, -0.2) is 42.8 Å². The van der Waals surface area contributed by atoms with Gasteiger partial charge in [0.2, 0.25) is 0 Å². The predicted molar refractivity (Wildman–Crippen MR) is 47.2 cm³/mol. The summed E-state index contributed by atoms with van der Waals surface area (Å²) in [7, 11) is -3.22. The molecule has 5 heteroatoms. The molecular weight excluding hydrogens is 192 g/mol. The summed E-state index contributed by atoms with van der Waals surface area (Å²) in [5.41, 5.74) is 0. The Hall–Kier alpha value is -0.130. The number of hydrogen-bond donors (Lipinski definition) is 1. The van der Waals surface area contributed by atoms with E-state index in [1.807, 2.05) is 0 Å². The Balaban J connectivity index is 2.33. The molecule has 0 spiro atoms. The first-order chi connectivity index (χ1) is 5.97. The SMILES string of the molecule is CC1(S(=O)(=O)C2(CO)COC2)CC1. The number of ether oxygens (including phenoxy) is 1. The predicted octanol–water partition coefficient (Wildman–Crippen LogP) is -0.285. The Morgan fingerprint density at radius 1 is 1.38 bits per heavy atom. The van der Waals surface area contributed by atoms with Crippen molar-refractivity contribution in [2.75, 3.05) is 19.8 Å². The van der Waals surface area contributed by atoms with Gasteiger partial charge in [-0.05, 0) is 19.8 Å². The molecule has 76 valence electrons. The van der Waals surface area contributed by atoms with E-state index in [1.54, 1.807) is 6.92 Å². The molecule has 0 aromatic heterocycles. The van der Waals surface area contributed by atoms with Crippen LogP contribution in [0.3, 0.4) is 0 Å². The molecule has 4 nitrogen and oxygen atoms in total. The maximum atomic E-state index is 12.0. The van der Waals surface area contributed by atoms with Gasteiger partial charge in [-0.3, -0.25) is 0 Å². The third-order valence-corrected chi connectivity index (χ3v) is 6.40. The Bertz CT molecular complexity index is 306. The molecule has 0 aromatic carbocycles.